The lowest BCUT2D eigenvalue weighted by molar-refractivity contribution is -0.252. The fraction of sp³-hybridized carbons (Fsp3) is 0.431. The number of oxime groups is 1. The molecule has 6 unspecified atom stereocenters. The minimum atomic E-state index is -1.42. The standard InChI is InChI=1S/C51H61N3O8/c1-6-28-59-51-45(54(5)48(57)38-23-22-35-18-10-11-19-36(35)29-38)32-43(53-62-50(2,3)4)41-30-37(20-12-14-26-55)40(21-13-15-27-56)46(47(41)51)42-31-39(24-25-44(42)61-51)60-49(58)52-33-34-16-8-7-9-17-34/h6-11,16-19,22-25,29-31,37,40,45-47,55-56H,1,12-15,20-21,26-28,32-33H2,2-5H3,(H,52,58). The van der Waals surface area contributed by atoms with Crippen molar-refractivity contribution in [3.8, 4) is 11.5 Å². The molecule has 62 heavy (non-hydrogen) atoms. The van der Waals surface area contributed by atoms with Gasteiger partial charge in [-0.15, -0.1) is 6.58 Å². The molecule has 0 aromatic heterocycles. The number of nitrogens with zero attached hydrogens (tertiary/aromatic N) is 2. The van der Waals surface area contributed by atoms with Crippen molar-refractivity contribution in [2.24, 2.45) is 22.9 Å². The summed E-state index contributed by atoms with van der Waals surface area (Å²) in [4.78, 5) is 36.0. The normalized spacial score (nSPS) is 23.4. The Morgan fingerprint density at radius 2 is 1.66 bits per heavy atom. The summed E-state index contributed by atoms with van der Waals surface area (Å²) in [5, 5.41) is 29.6. The second-order valence-electron chi connectivity index (χ2n) is 17.7. The van der Waals surface area contributed by atoms with Crippen molar-refractivity contribution < 1.29 is 38.9 Å². The van der Waals surface area contributed by atoms with E-state index >= 15 is 0 Å². The number of benzene rings is 4. The Balaban J connectivity index is 1.38. The molecule has 11 heteroatoms. The summed E-state index contributed by atoms with van der Waals surface area (Å²) in [5.41, 5.74) is 3.36. The van der Waals surface area contributed by atoms with Gasteiger partial charge in [0.05, 0.1) is 18.2 Å². The molecule has 2 aliphatic carbocycles. The molecule has 4 aromatic carbocycles. The number of carbonyl (C=O) groups excluding carboxylic acids is 2. The minimum Gasteiger partial charge on any atom is -0.459 e. The van der Waals surface area contributed by atoms with Crippen LogP contribution in [0.2, 0.25) is 0 Å². The highest BCUT2D eigenvalue weighted by Gasteiger charge is 2.65. The van der Waals surface area contributed by atoms with E-state index in [1.807, 2.05) is 106 Å². The first kappa shape index (κ1) is 44.6. The number of aliphatic hydroxyl groups is 2. The van der Waals surface area contributed by atoms with Crippen LogP contribution in [0, 0.1) is 17.8 Å². The third-order valence-electron chi connectivity index (χ3n) is 12.3. The van der Waals surface area contributed by atoms with Crippen LogP contribution in [0.3, 0.4) is 0 Å². The monoisotopic (exact) mass is 843 g/mol. The number of allylic oxidation sites excluding steroid dienone is 1. The lowest BCUT2D eigenvalue weighted by atomic mass is 9.55. The third-order valence-corrected chi connectivity index (χ3v) is 12.3. The van der Waals surface area contributed by atoms with Gasteiger partial charge < -0.3 is 39.5 Å². The summed E-state index contributed by atoms with van der Waals surface area (Å²) in [7, 11) is 1.80. The van der Waals surface area contributed by atoms with Crippen LogP contribution in [0.5, 0.6) is 11.5 Å². The molecular formula is C51H61N3O8. The van der Waals surface area contributed by atoms with Gasteiger partial charge in [-0.25, -0.2) is 4.79 Å². The van der Waals surface area contributed by atoms with E-state index in [0.29, 0.717) is 42.2 Å². The molecule has 328 valence electrons. The predicted octanol–water partition coefficient (Wildman–Crippen LogP) is 9.33. The number of fused-ring (bicyclic) bond motifs is 3. The highest BCUT2D eigenvalue weighted by molar-refractivity contribution is 6.04. The van der Waals surface area contributed by atoms with Crippen LogP contribution in [0.4, 0.5) is 4.79 Å². The van der Waals surface area contributed by atoms with Gasteiger partial charge in [0.2, 0.25) is 5.79 Å². The molecule has 1 aliphatic heterocycles. The van der Waals surface area contributed by atoms with Crippen LogP contribution < -0.4 is 14.8 Å². The van der Waals surface area contributed by atoms with E-state index in [1.54, 1.807) is 24.1 Å². The second kappa shape index (κ2) is 19.7. The molecule has 0 bridgehead atoms. The number of aliphatic hydroxyl groups excluding tert-OH is 2. The number of nitrogens with one attached hydrogen (secondary N) is 1. The predicted molar refractivity (Wildman–Crippen MR) is 241 cm³/mol. The number of carbonyl (C=O) groups is 2. The SMILES string of the molecule is C=CCOC12Oc3ccc(OC(=O)NCc4ccccc4)cc3C3C(CCCCO)C(CCCCO)C=C(C(=NOC(C)(C)C)CC1N(C)C(=O)c1ccc4ccccc4c1)C32. The molecule has 11 nitrogen and oxygen atoms in total. The summed E-state index contributed by atoms with van der Waals surface area (Å²) in [6, 6.07) is 28.1. The maximum Gasteiger partial charge on any atom is 0.412 e. The molecule has 3 aliphatic rings. The van der Waals surface area contributed by atoms with Crippen LogP contribution in [0.25, 0.3) is 10.8 Å². The van der Waals surface area contributed by atoms with Gasteiger partial charge in [-0.3, -0.25) is 4.79 Å². The zero-order chi connectivity index (χ0) is 43.9. The zero-order valence-electron chi connectivity index (χ0n) is 36.4. The van der Waals surface area contributed by atoms with Crippen LogP contribution in [0.1, 0.15) is 93.1 Å². The molecule has 4 aromatic rings. The minimum absolute atomic E-state index is 0.00976. The highest BCUT2D eigenvalue weighted by atomic mass is 16.7. The summed E-state index contributed by atoms with van der Waals surface area (Å²) in [6.07, 6.45) is 8.17. The lowest BCUT2D eigenvalue weighted by Crippen LogP contribution is -2.69. The lowest BCUT2D eigenvalue weighted by Gasteiger charge is -2.59. The Labute approximate surface area is 365 Å². The van der Waals surface area contributed by atoms with Crippen molar-refractivity contribution in [2.45, 2.75) is 95.6 Å². The Kier molecular flexibility index (Phi) is 14.2. The van der Waals surface area contributed by atoms with E-state index in [4.69, 9.17) is 24.2 Å². The average Bonchev–Trinajstić information content (AvgIpc) is 3.27. The third kappa shape index (κ3) is 9.75. The van der Waals surface area contributed by atoms with Gasteiger partial charge in [0.15, 0.2) is 0 Å². The Bertz CT molecular complexity index is 2270. The molecule has 1 heterocycles. The highest BCUT2D eigenvalue weighted by Crippen LogP contribution is 2.62. The van der Waals surface area contributed by atoms with E-state index in [-0.39, 0.29) is 49.9 Å². The topological polar surface area (TPSA) is 139 Å². The molecule has 7 rings (SSSR count). The van der Waals surface area contributed by atoms with E-state index in [9.17, 15) is 19.8 Å². The Hall–Kier alpha value is -5.49. The summed E-state index contributed by atoms with van der Waals surface area (Å²) >= 11 is 0. The molecular weight excluding hydrogens is 783 g/mol. The van der Waals surface area contributed by atoms with Gasteiger partial charge >= 0.3 is 6.09 Å². The smallest absolute Gasteiger partial charge is 0.412 e. The number of likely N-dealkylation sites (N-methyl/N-ethyl adjacent to an activating group) is 1. The number of rotatable bonds is 17. The molecule has 0 saturated heterocycles. The molecule has 1 fully saturated rings. The number of ether oxygens (including phenoxy) is 3. The van der Waals surface area contributed by atoms with E-state index in [2.05, 4.69) is 18.0 Å². The first-order chi connectivity index (χ1) is 30.0. The number of unbranched alkanes of at least 4 members (excludes halogenated alkanes) is 2. The molecule has 0 radical (unpaired) electrons. The molecule has 6 atom stereocenters. The van der Waals surface area contributed by atoms with Gasteiger partial charge in [0.25, 0.3) is 5.91 Å². The fourth-order valence-electron chi connectivity index (χ4n) is 9.56. The van der Waals surface area contributed by atoms with Gasteiger partial charge in [-0.2, -0.15) is 0 Å². The van der Waals surface area contributed by atoms with Crippen molar-refractivity contribution in [3.63, 3.8) is 0 Å². The van der Waals surface area contributed by atoms with Gasteiger partial charge in [0, 0.05) is 50.3 Å². The fourth-order valence-corrected chi connectivity index (χ4v) is 9.56. The second-order valence-corrected chi connectivity index (χ2v) is 17.7. The first-order valence-corrected chi connectivity index (χ1v) is 22.0. The van der Waals surface area contributed by atoms with Crippen molar-refractivity contribution in [3.05, 3.63) is 132 Å². The summed E-state index contributed by atoms with van der Waals surface area (Å²) in [5.74, 6) is -1.40. The van der Waals surface area contributed by atoms with Crippen LogP contribution >= 0.6 is 0 Å². The van der Waals surface area contributed by atoms with E-state index in [0.717, 1.165) is 53.2 Å². The van der Waals surface area contributed by atoms with Crippen molar-refractivity contribution in [2.75, 3.05) is 26.9 Å². The maximum atomic E-state index is 14.8. The molecule has 1 saturated carbocycles. The largest absolute Gasteiger partial charge is 0.459 e. The van der Waals surface area contributed by atoms with Crippen molar-refractivity contribution >= 4 is 28.5 Å². The Morgan fingerprint density at radius 3 is 2.39 bits per heavy atom. The van der Waals surface area contributed by atoms with Gasteiger partial charge in [-0.05, 0) is 111 Å². The maximum absolute atomic E-state index is 14.8. The van der Waals surface area contributed by atoms with E-state index < -0.39 is 29.4 Å². The number of hydrogen-bond acceptors (Lipinski definition) is 9. The summed E-state index contributed by atoms with van der Waals surface area (Å²) < 4.78 is 20.3. The zero-order valence-corrected chi connectivity index (χ0v) is 36.4. The average molecular weight is 844 g/mol. The van der Waals surface area contributed by atoms with Crippen molar-refractivity contribution in [1.82, 2.24) is 10.2 Å². The van der Waals surface area contributed by atoms with E-state index in [1.165, 1.54) is 0 Å². The molecule has 3 N–H and O–H groups in total. The summed E-state index contributed by atoms with van der Waals surface area (Å²) in [6.45, 7) is 10.5. The van der Waals surface area contributed by atoms with Crippen molar-refractivity contribution in [1.29, 1.82) is 0 Å². The molecule has 2 amide bonds. The van der Waals surface area contributed by atoms with Crippen LogP contribution in [0.15, 0.2) is 120 Å². The van der Waals surface area contributed by atoms with Crippen LogP contribution in [-0.4, -0.2) is 77.1 Å². The van der Waals surface area contributed by atoms with Crippen LogP contribution in [-0.2, 0) is 16.1 Å². The molecule has 0 spiro atoms. The number of amides is 2. The number of hydrogen-bond donors (Lipinski definition) is 3. The Morgan fingerprint density at radius 1 is 0.935 bits per heavy atom. The van der Waals surface area contributed by atoms with Gasteiger partial charge in [-0.1, -0.05) is 90.8 Å². The van der Waals surface area contributed by atoms with Gasteiger partial charge in [0.1, 0.15) is 23.1 Å². The quantitative estimate of drug-likeness (QED) is 0.0543. The first-order valence-electron chi connectivity index (χ1n) is 22.0.